The van der Waals surface area contributed by atoms with Crippen molar-refractivity contribution in [2.45, 2.75) is 25.5 Å². The second-order valence-electron chi connectivity index (χ2n) is 3.71. The van der Waals surface area contributed by atoms with Gasteiger partial charge in [-0.25, -0.2) is 4.39 Å². The van der Waals surface area contributed by atoms with Gasteiger partial charge in [0.1, 0.15) is 11.6 Å². The van der Waals surface area contributed by atoms with Crippen molar-refractivity contribution in [3.05, 3.63) is 35.6 Å². The van der Waals surface area contributed by atoms with Gasteiger partial charge in [-0.2, -0.15) is 11.8 Å². The molecule has 0 aliphatic heterocycles. The maximum Gasteiger partial charge on any atom is 0.147 e. The molecule has 0 amide bonds. The Morgan fingerprint density at radius 3 is 2.80 bits per heavy atom. The van der Waals surface area contributed by atoms with Crippen LogP contribution in [0.25, 0.3) is 0 Å². The first kappa shape index (κ1) is 12.2. The molecule has 0 radical (unpaired) electrons. The molecule has 1 rings (SSSR count). The predicted molar refractivity (Wildman–Crippen MR) is 62.7 cm³/mol. The van der Waals surface area contributed by atoms with E-state index < -0.39 is 0 Å². The van der Waals surface area contributed by atoms with Crippen molar-refractivity contribution >= 4 is 17.5 Å². The second kappa shape index (κ2) is 5.91. The van der Waals surface area contributed by atoms with Gasteiger partial charge < -0.3 is 0 Å². The largest absolute Gasteiger partial charge is 0.298 e. The summed E-state index contributed by atoms with van der Waals surface area (Å²) in [4.78, 5) is 11.5. The van der Waals surface area contributed by atoms with E-state index in [1.807, 2.05) is 0 Å². The fourth-order valence-corrected chi connectivity index (χ4v) is 1.81. The van der Waals surface area contributed by atoms with Crippen molar-refractivity contribution < 1.29 is 9.18 Å². The number of thioether (sulfide) groups is 1. The molecule has 1 aromatic rings. The zero-order valence-corrected chi connectivity index (χ0v) is 9.81. The second-order valence-corrected chi connectivity index (χ2v) is 5.27. The molecule has 82 valence electrons. The third-order valence-electron chi connectivity index (χ3n) is 1.87. The third-order valence-corrected chi connectivity index (χ3v) is 3.02. The molecule has 0 aliphatic rings. The molecular formula is C12H15FOS. The Morgan fingerprint density at radius 1 is 1.47 bits per heavy atom. The zero-order valence-electron chi connectivity index (χ0n) is 9.00. The lowest BCUT2D eigenvalue weighted by molar-refractivity contribution is -0.116. The lowest BCUT2D eigenvalue weighted by Crippen LogP contribution is -2.07. The smallest absolute Gasteiger partial charge is 0.147 e. The van der Waals surface area contributed by atoms with Gasteiger partial charge in [0.2, 0.25) is 0 Å². The number of carbonyl (C=O) groups is 1. The molecule has 0 aliphatic carbocycles. The van der Waals surface area contributed by atoms with Crippen LogP contribution in [0.4, 0.5) is 4.39 Å². The van der Waals surface area contributed by atoms with Gasteiger partial charge in [-0.15, -0.1) is 0 Å². The van der Waals surface area contributed by atoms with E-state index in [2.05, 4.69) is 13.8 Å². The van der Waals surface area contributed by atoms with Crippen LogP contribution < -0.4 is 0 Å². The monoisotopic (exact) mass is 226 g/mol. The van der Waals surface area contributed by atoms with Crippen molar-refractivity contribution in [1.29, 1.82) is 0 Å². The fourth-order valence-electron chi connectivity index (χ4n) is 1.19. The van der Waals surface area contributed by atoms with Gasteiger partial charge in [-0.3, -0.25) is 4.79 Å². The molecule has 0 unspecified atom stereocenters. The highest BCUT2D eigenvalue weighted by molar-refractivity contribution is 8.00. The van der Waals surface area contributed by atoms with E-state index in [1.165, 1.54) is 12.1 Å². The van der Waals surface area contributed by atoms with Crippen LogP contribution in [0.3, 0.4) is 0 Å². The van der Waals surface area contributed by atoms with Gasteiger partial charge in [0.15, 0.2) is 0 Å². The van der Waals surface area contributed by atoms with Crippen molar-refractivity contribution in [3.63, 3.8) is 0 Å². The average molecular weight is 226 g/mol. The van der Waals surface area contributed by atoms with E-state index in [4.69, 9.17) is 0 Å². The predicted octanol–water partition coefficient (Wildman–Crippen LogP) is 3.08. The van der Waals surface area contributed by atoms with Crippen LogP contribution in [-0.4, -0.2) is 16.8 Å². The average Bonchev–Trinajstić information content (AvgIpc) is 2.15. The summed E-state index contributed by atoms with van der Waals surface area (Å²) in [6.45, 7) is 4.11. The fraction of sp³-hybridized carbons (Fsp3) is 0.417. The zero-order chi connectivity index (χ0) is 11.3. The first-order valence-electron chi connectivity index (χ1n) is 4.95. The van der Waals surface area contributed by atoms with Gasteiger partial charge in [-0.05, 0) is 22.9 Å². The maximum atomic E-state index is 12.8. The highest BCUT2D eigenvalue weighted by atomic mass is 32.2. The van der Waals surface area contributed by atoms with Gasteiger partial charge in [-0.1, -0.05) is 26.0 Å². The molecule has 0 heterocycles. The Balaban J connectivity index is 2.44. The summed E-state index contributed by atoms with van der Waals surface area (Å²) >= 11 is 1.62. The van der Waals surface area contributed by atoms with Crippen LogP contribution in [0.5, 0.6) is 0 Å². The summed E-state index contributed by atoms with van der Waals surface area (Å²) in [7, 11) is 0. The Bertz CT molecular complexity index is 336. The van der Waals surface area contributed by atoms with Crippen molar-refractivity contribution in [2.24, 2.45) is 0 Å². The molecule has 0 spiro atoms. The number of hydrogen-bond donors (Lipinski definition) is 0. The van der Waals surface area contributed by atoms with Gasteiger partial charge >= 0.3 is 0 Å². The number of Topliss-reactive ketones (excluding diaryl/α,β-unsaturated/α-hetero) is 1. The van der Waals surface area contributed by atoms with E-state index >= 15 is 0 Å². The van der Waals surface area contributed by atoms with Crippen LogP contribution in [-0.2, 0) is 11.2 Å². The summed E-state index contributed by atoms with van der Waals surface area (Å²) in [5.74, 6) is 0.380. The highest BCUT2D eigenvalue weighted by Crippen LogP contribution is 2.11. The quantitative estimate of drug-likeness (QED) is 0.767. The first-order chi connectivity index (χ1) is 7.08. The number of halogens is 1. The molecular weight excluding hydrogens is 211 g/mol. The molecule has 0 N–H and O–H groups in total. The first-order valence-corrected chi connectivity index (χ1v) is 6.00. The minimum Gasteiger partial charge on any atom is -0.298 e. The summed E-state index contributed by atoms with van der Waals surface area (Å²) in [6.07, 6.45) is 0.331. The van der Waals surface area contributed by atoms with Crippen LogP contribution in [0.1, 0.15) is 19.4 Å². The van der Waals surface area contributed by atoms with Gasteiger partial charge in [0, 0.05) is 6.42 Å². The Kier molecular flexibility index (Phi) is 4.82. The molecule has 3 heteroatoms. The van der Waals surface area contributed by atoms with Crippen LogP contribution in [0, 0.1) is 5.82 Å². The summed E-state index contributed by atoms with van der Waals surface area (Å²) in [5, 5.41) is 0.460. The summed E-state index contributed by atoms with van der Waals surface area (Å²) in [5.41, 5.74) is 0.754. The summed E-state index contributed by atoms with van der Waals surface area (Å²) < 4.78 is 12.8. The van der Waals surface area contributed by atoms with E-state index in [1.54, 1.807) is 23.9 Å². The Hall–Kier alpha value is -0.830. The summed E-state index contributed by atoms with van der Waals surface area (Å²) in [6, 6.07) is 6.21. The van der Waals surface area contributed by atoms with E-state index in [-0.39, 0.29) is 11.6 Å². The molecule has 0 aromatic heterocycles. The molecule has 0 fully saturated rings. The molecule has 0 saturated carbocycles. The lowest BCUT2D eigenvalue weighted by Gasteiger charge is -2.04. The molecule has 1 aromatic carbocycles. The molecule has 0 atom stereocenters. The van der Waals surface area contributed by atoms with E-state index in [9.17, 15) is 9.18 Å². The van der Waals surface area contributed by atoms with Crippen molar-refractivity contribution in [2.75, 3.05) is 5.75 Å². The topological polar surface area (TPSA) is 17.1 Å². The highest BCUT2D eigenvalue weighted by Gasteiger charge is 2.05. The number of benzene rings is 1. The van der Waals surface area contributed by atoms with Crippen LogP contribution >= 0.6 is 11.8 Å². The Morgan fingerprint density at radius 2 is 2.20 bits per heavy atom. The van der Waals surface area contributed by atoms with E-state index in [0.717, 1.165) is 5.56 Å². The third kappa shape index (κ3) is 4.98. The van der Waals surface area contributed by atoms with Gasteiger partial charge in [0.05, 0.1) is 5.75 Å². The number of ketones is 1. The Labute approximate surface area is 94.1 Å². The number of hydrogen-bond acceptors (Lipinski definition) is 2. The molecule has 0 bridgehead atoms. The number of rotatable bonds is 5. The van der Waals surface area contributed by atoms with Crippen molar-refractivity contribution in [3.8, 4) is 0 Å². The maximum absolute atomic E-state index is 12.8. The van der Waals surface area contributed by atoms with Crippen LogP contribution in [0.15, 0.2) is 24.3 Å². The molecule has 1 nitrogen and oxygen atoms in total. The number of carbonyl (C=O) groups excluding carboxylic acids is 1. The normalized spacial score (nSPS) is 10.7. The molecule has 0 saturated heterocycles. The molecule has 15 heavy (non-hydrogen) atoms. The van der Waals surface area contributed by atoms with Crippen LogP contribution in [0.2, 0.25) is 0 Å². The SMILES string of the molecule is CC(C)SCC(=O)Cc1cccc(F)c1. The van der Waals surface area contributed by atoms with Gasteiger partial charge in [0.25, 0.3) is 0 Å². The van der Waals surface area contributed by atoms with Crippen molar-refractivity contribution in [1.82, 2.24) is 0 Å². The minimum absolute atomic E-state index is 0.152. The minimum atomic E-state index is -0.281. The lowest BCUT2D eigenvalue weighted by atomic mass is 10.1. The van der Waals surface area contributed by atoms with E-state index in [0.29, 0.717) is 17.4 Å². The standard InChI is InChI=1S/C12H15FOS/c1-9(2)15-8-12(14)7-10-4-3-5-11(13)6-10/h3-6,9H,7-8H2,1-2H3.